The highest BCUT2D eigenvalue weighted by Crippen LogP contribution is 2.23. The second kappa shape index (κ2) is 12.2. The summed E-state index contributed by atoms with van der Waals surface area (Å²) >= 11 is 1.38. The van der Waals surface area contributed by atoms with Crippen LogP contribution in [0.5, 0.6) is 0 Å². The Labute approximate surface area is 203 Å². The average Bonchev–Trinajstić information content (AvgIpc) is 2.83. The largest absolute Gasteiger partial charge is 0.326 e. The van der Waals surface area contributed by atoms with Crippen molar-refractivity contribution in [1.29, 1.82) is 5.26 Å². The summed E-state index contributed by atoms with van der Waals surface area (Å²) in [6.07, 6.45) is 4.68. The second-order valence-corrected chi connectivity index (χ2v) is 10.1. The summed E-state index contributed by atoms with van der Waals surface area (Å²) in [6, 6.07) is 16.6. The van der Waals surface area contributed by atoms with Crippen LogP contribution < -0.4 is 10.0 Å². The number of carbonyl (C=O) groups is 1. The highest BCUT2D eigenvalue weighted by Gasteiger charge is 2.15. The van der Waals surface area contributed by atoms with E-state index >= 15 is 0 Å². The third kappa shape index (κ3) is 7.30. The summed E-state index contributed by atoms with van der Waals surface area (Å²) in [5.41, 5.74) is 1.94. The zero-order valence-corrected chi connectivity index (χ0v) is 20.3. The smallest absolute Gasteiger partial charge is 0.263 e. The Kier molecular flexibility index (Phi) is 9.01. The van der Waals surface area contributed by atoms with Crippen LogP contribution in [0.2, 0.25) is 0 Å². The number of hydrogen-bond donors (Lipinski definition) is 2. The minimum atomic E-state index is -3.78. The Hall–Kier alpha value is -3.42. The van der Waals surface area contributed by atoms with Crippen LogP contribution in [0.3, 0.4) is 0 Å². The predicted molar refractivity (Wildman–Crippen MR) is 133 cm³/mol. The second-order valence-electron chi connectivity index (χ2n) is 7.36. The van der Waals surface area contributed by atoms with E-state index in [0.29, 0.717) is 22.0 Å². The van der Waals surface area contributed by atoms with Gasteiger partial charge in [-0.3, -0.25) is 9.52 Å². The van der Waals surface area contributed by atoms with Gasteiger partial charge in [0.05, 0.1) is 10.5 Å². The van der Waals surface area contributed by atoms with Gasteiger partial charge in [-0.2, -0.15) is 5.26 Å². The molecule has 0 aliphatic rings. The van der Waals surface area contributed by atoms with Crippen molar-refractivity contribution in [2.45, 2.75) is 42.5 Å². The molecule has 0 spiro atoms. The van der Waals surface area contributed by atoms with Gasteiger partial charge < -0.3 is 5.32 Å². The van der Waals surface area contributed by atoms with Crippen molar-refractivity contribution in [3.05, 3.63) is 72.1 Å². The van der Waals surface area contributed by atoms with Crippen LogP contribution in [0.25, 0.3) is 0 Å². The summed E-state index contributed by atoms with van der Waals surface area (Å²) in [4.78, 5) is 20.9. The minimum Gasteiger partial charge on any atom is -0.326 e. The number of sulfonamides is 1. The van der Waals surface area contributed by atoms with Gasteiger partial charge in [0, 0.05) is 29.8 Å². The van der Waals surface area contributed by atoms with Crippen molar-refractivity contribution < 1.29 is 13.2 Å². The van der Waals surface area contributed by atoms with Gasteiger partial charge in [-0.25, -0.2) is 18.4 Å². The number of amides is 1. The molecule has 0 radical (unpaired) electrons. The number of pyridine rings is 2. The number of aromatic nitrogens is 2. The first-order valence-corrected chi connectivity index (χ1v) is 13.2. The summed E-state index contributed by atoms with van der Waals surface area (Å²) in [5.74, 6) is 0.475. The molecule has 3 aromatic rings. The van der Waals surface area contributed by atoms with Crippen LogP contribution in [-0.2, 0) is 21.2 Å². The fourth-order valence-electron chi connectivity index (χ4n) is 2.97. The van der Waals surface area contributed by atoms with Crippen LogP contribution in [0.1, 0.15) is 37.4 Å². The summed E-state index contributed by atoms with van der Waals surface area (Å²) in [7, 11) is -3.78. The number of hydrogen-bond acceptors (Lipinski definition) is 7. The van der Waals surface area contributed by atoms with E-state index in [1.165, 1.54) is 42.2 Å². The normalized spacial score (nSPS) is 10.9. The maximum absolute atomic E-state index is 12.5. The summed E-state index contributed by atoms with van der Waals surface area (Å²) in [6.45, 7) is 2.11. The van der Waals surface area contributed by atoms with Crippen LogP contribution in [-0.4, -0.2) is 30.0 Å². The molecule has 8 nitrogen and oxygen atoms in total. The molecule has 2 N–H and O–H groups in total. The van der Waals surface area contributed by atoms with Gasteiger partial charge in [-0.15, -0.1) is 11.8 Å². The molecule has 0 saturated carbocycles. The van der Waals surface area contributed by atoms with Crippen molar-refractivity contribution in [2.75, 3.05) is 15.8 Å². The number of anilines is 2. The number of carbonyl (C=O) groups excluding carboxylic acids is 1. The molecule has 10 heteroatoms. The number of nitrogens with one attached hydrogen (secondary N) is 2. The van der Waals surface area contributed by atoms with Crippen LogP contribution >= 0.6 is 11.8 Å². The number of nitriles is 1. The Bertz CT molecular complexity index is 1260. The molecule has 0 aliphatic heterocycles. The number of aryl methyl sites for hydroxylation is 1. The molecule has 1 aromatic carbocycles. The Morgan fingerprint density at radius 3 is 2.59 bits per heavy atom. The molecule has 0 aliphatic carbocycles. The number of thioether (sulfide) groups is 1. The fourth-order valence-corrected chi connectivity index (χ4v) is 4.91. The third-order valence-electron chi connectivity index (χ3n) is 4.74. The maximum atomic E-state index is 12.5. The molecule has 0 unspecified atom stereocenters. The third-order valence-corrected chi connectivity index (χ3v) is 7.11. The van der Waals surface area contributed by atoms with Crippen molar-refractivity contribution in [2.24, 2.45) is 0 Å². The molecule has 176 valence electrons. The molecule has 2 aromatic heterocycles. The number of unbranched alkanes of at least 4 members (excludes halogenated alkanes) is 1. The SMILES string of the molecule is CCCCc1ccc(C#N)c(SCCC(=O)Nc2ccc(S(=O)(=O)Nc3ccccn3)cc2)n1. The number of rotatable bonds is 11. The lowest BCUT2D eigenvalue weighted by molar-refractivity contribution is -0.115. The fraction of sp³-hybridized carbons (Fsp3) is 0.250. The van der Waals surface area contributed by atoms with Crippen LogP contribution in [0, 0.1) is 11.3 Å². The molecule has 34 heavy (non-hydrogen) atoms. The zero-order valence-electron chi connectivity index (χ0n) is 18.7. The van der Waals surface area contributed by atoms with Crippen LogP contribution in [0.4, 0.5) is 11.5 Å². The van der Waals surface area contributed by atoms with E-state index in [1.807, 2.05) is 6.07 Å². The number of benzene rings is 1. The maximum Gasteiger partial charge on any atom is 0.263 e. The topological polar surface area (TPSA) is 125 Å². The first kappa shape index (κ1) is 25.2. The Balaban J connectivity index is 1.53. The van der Waals surface area contributed by atoms with E-state index in [9.17, 15) is 18.5 Å². The van der Waals surface area contributed by atoms with E-state index in [1.54, 1.807) is 24.3 Å². The summed E-state index contributed by atoms with van der Waals surface area (Å²) < 4.78 is 27.4. The highest BCUT2D eigenvalue weighted by atomic mass is 32.2. The van der Waals surface area contributed by atoms with Crippen LogP contribution in [0.15, 0.2) is 70.7 Å². The van der Waals surface area contributed by atoms with Gasteiger partial charge in [-0.1, -0.05) is 19.4 Å². The minimum absolute atomic E-state index is 0.0600. The van der Waals surface area contributed by atoms with Gasteiger partial charge in [-0.05, 0) is 61.4 Å². The van der Waals surface area contributed by atoms with E-state index in [2.05, 4.69) is 33.0 Å². The average molecular weight is 496 g/mol. The lowest BCUT2D eigenvalue weighted by Gasteiger charge is -2.09. The van der Waals surface area contributed by atoms with E-state index in [0.717, 1.165) is 25.0 Å². The Morgan fingerprint density at radius 2 is 1.91 bits per heavy atom. The quantitative estimate of drug-likeness (QED) is 0.372. The van der Waals surface area contributed by atoms with E-state index in [4.69, 9.17) is 0 Å². The van der Waals surface area contributed by atoms with E-state index < -0.39 is 10.0 Å². The molecular weight excluding hydrogens is 470 g/mol. The highest BCUT2D eigenvalue weighted by molar-refractivity contribution is 7.99. The van der Waals surface area contributed by atoms with E-state index in [-0.39, 0.29) is 23.0 Å². The van der Waals surface area contributed by atoms with Crippen molar-refractivity contribution in [3.8, 4) is 6.07 Å². The predicted octanol–water partition coefficient (Wildman–Crippen LogP) is 4.61. The first-order valence-electron chi connectivity index (χ1n) is 10.8. The van der Waals surface area contributed by atoms with Gasteiger partial charge in [0.2, 0.25) is 5.91 Å². The van der Waals surface area contributed by atoms with Gasteiger partial charge in [0.15, 0.2) is 0 Å². The molecule has 1 amide bonds. The monoisotopic (exact) mass is 495 g/mol. The lowest BCUT2D eigenvalue weighted by atomic mass is 10.2. The van der Waals surface area contributed by atoms with Crippen molar-refractivity contribution in [1.82, 2.24) is 9.97 Å². The number of nitrogens with zero attached hydrogens (tertiary/aromatic N) is 3. The zero-order chi connectivity index (χ0) is 24.4. The molecule has 2 heterocycles. The van der Waals surface area contributed by atoms with Crippen molar-refractivity contribution >= 4 is 39.2 Å². The van der Waals surface area contributed by atoms with Gasteiger partial charge >= 0.3 is 0 Å². The molecule has 0 fully saturated rings. The Morgan fingerprint density at radius 1 is 1.12 bits per heavy atom. The summed E-state index contributed by atoms with van der Waals surface area (Å²) in [5, 5.41) is 12.7. The van der Waals surface area contributed by atoms with Crippen molar-refractivity contribution in [3.63, 3.8) is 0 Å². The first-order chi connectivity index (χ1) is 16.4. The molecule has 0 saturated heterocycles. The molecule has 0 bridgehead atoms. The molecule has 3 rings (SSSR count). The standard InChI is InChI=1S/C24H25N5O3S2/c1-2-3-6-19-9-8-18(17-25)24(28-19)33-16-14-23(30)27-20-10-12-21(13-11-20)34(31,32)29-22-7-4-5-15-26-22/h4-5,7-13,15H,2-3,6,14,16H2,1H3,(H,26,29)(H,27,30). The molecular formula is C24H25N5O3S2. The lowest BCUT2D eigenvalue weighted by Crippen LogP contribution is -2.15. The van der Waals surface area contributed by atoms with Gasteiger partial charge in [0.25, 0.3) is 10.0 Å². The molecule has 0 atom stereocenters. The van der Waals surface area contributed by atoms with Gasteiger partial charge in [0.1, 0.15) is 16.9 Å².